The van der Waals surface area contributed by atoms with Crippen molar-refractivity contribution in [2.24, 2.45) is 10.9 Å². The number of nitrogens with zero attached hydrogens (tertiary/aromatic N) is 2. The number of hydrogen-bond donors (Lipinski definition) is 2. The third-order valence-corrected chi connectivity index (χ3v) is 5.41. The van der Waals surface area contributed by atoms with E-state index in [4.69, 9.17) is 15.7 Å². The third-order valence-electron chi connectivity index (χ3n) is 4.07. The zero-order valence-electron chi connectivity index (χ0n) is 12.7. The molecule has 21 heavy (non-hydrogen) atoms. The molecule has 1 aromatic carbocycles. The molecular weight excluding hydrogens is 286 g/mol. The quantitative estimate of drug-likeness (QED) is 0.386. The van der Waals surface area contributed by atoms with E-state index >= 15 is 0 Å². The van der Waals surface area contributed by atoms with Crippen LogP contribution in [0.1, 0.15) is 25.0 Å². The predicted octanol–water partition coefficient (Wildman–Crippen LogP) is 2.12. The van der Waals surface area contributed by atoms with Crippen LogP contribution in [0, 0.1) is 0 Å². The van der Waals surface area contributed by atoms with E-state index in [9.17, 15) is 0 Å². The second-order valence-electron chi connectivity index (χ2n) is 5.30. The van der Waals surface area contributed by atoms with Crippen LogP contribution >= 0.6 is 11.8 Å². The van der Waals surface area contributed by atoms with Crippen molar-refractivity contribution >= 4 is 17.6 Å². The molecule has 2 rings (SSSR count). The van der Waals surface area contributed by atoms with Crippen LogP contribution in [-0.2, 0) is 6.54 Å². The fraction of sp³-hybridized carbons (Fsp3) is 0.533. The lowest BCUT2D eigenvalue weighted by Crippen LogP contribution is -2.44. The molecule has 0 bridgehead atoms. The maximum absolute atomic E-state index is 8.82. The first-order chi connectivity index (χ1) is 10.1. The summed E-state index contributed by atoms with van der Waals surface area (Å²) in [5, 5.41) is 12.5. The van der Waals surface area contributed by atoms with Gasteiger partial charge in [-0.1, -0.05) is 12.1 Å². The van der Waals surface area contributed by atoms with Gasteiger partial charge in [0.2, 0.25) is 0 Å². The monoisotopic (exact) mass is 309 g/mol. The van der Waals surface area contributed by atoms with Gasteiger partial charge < -0.3 is 15.7 Å². The average molecular weight is 309 g/mol. The minimum absolute atomic E-state index is 0.120. The van der Waals surface area contributed by atoms with Gasteiger partial charge in [0, 0.05) is 41.3 Å². The van der Waals surface area contributed by atoms with Gasteiger partial charge in [0.05, 0.1) is 7.11 Å². The summed E-state index contributed by atoms with van der Waals surface area (Å²) in [4.78, 5) is 2.45. The molecule has 1 fully saturated rings. The molecule has 0 aromatic heterocycles. The maximum atomic E-state index is 8.82. The van der Waals surface area contributed by atoms with Crippen molar-refractivity contribution in [3.8, 4) is 5.75 Å². The Morgan fingerprint density at radius 3 is 2.95 bits per heavy atom. The van der Waals surface area contributed by atoms with Crippen molar-refractivity contribution < 1.29 is 9.94 Å². The van der Waals surface area contributed by atoms with Crippen LogP contribution < -0.4 is 10.5 Å². The normalized spacial score (nSPS) is 24.0. The first kappa shape index (κ1) is 16.0. The maximum Gasteiger partial charge on any atom is 0.170 e. The van der Waals surface area contributed by atoms with E-state index in [0.717, 1.165) is 30.2 Å². The van der Waals surface area contributed by atoms with Crippen molar-refractivity contribution in [2.45, 2.75) is 31.7 Å². The van der Waals surface area contributed by atoms with E-state index in [1.54, 1.807) is 13.2 Å². The van der Waals surface area contributed by atoms with Crippen LogP contribution in [0.4, 0.5) is 0 Å². The first-order valence-corrected chi connectivity index (χ1v) is 8.12. The van der Waals surface area contributed by atoms with Crippen molar-refractivity contribution in [1.82, 2.24) is 4.90 Å². The van der Waals surface area contributed by atoms with E-state index in [1.165, 1.54) is 0 Å². The number of ether oxygens (including phenoxy) is 1. The highest BCUT2D eigenvalue weighted by Gasteiger charge is 2.25. The van der Waals surface area contributed by atoms with Gasteiger partial charge in [-0.25, -0.2) is 0 Å². The van der Waals surface area contributed by atoms with Crippen LogP contribution in [0.2, 0.25) is 0 Å². The Morgan fingerprint density at radius 1 is 1.52 bits per heavy atom. The molecule has 1 aliphatic heterocycles. The predicted molar refractivity (Wildman–Crippen MR) is 87.3 cm³/mol. The second-order valence-corrected chi connectivity index (χ2v) is 6.78. The number of hydrogen-bond acceptors (Lipinski definition) is 5. The number of oxime groups is 1. The summed E-state index contributed by atoms with van der Waals surface area (Å²) in [7, 11) is 1.67. The van der Waals surface area contributed by atoms with Crippen LogP contribution in [0.25, 0.3) is 0 Å². The summed E-state index contributed by atoms with van der Waals surface area (Å²) < 4.78 is 5.44. The summed E-state index contributed by atoms with van der Waals surface area (Å²) in [5.41, 5.74) is 7.45. The summed E-state index contributed by atoms with van der Waals surface area (Å²) in [6.07, 6.45) is 0. The molecular formula is C15H23N3O2S. The fourth-order valence-corrected chi connectivity index (χ4v) is 3.72. The minimum atomic E-state index is 0.120. The third kappa shape index (κ3) is 3.63. The molecule has 6 heteroatoms. The van der Waals surface area contributed by atoms with Gasteiger partial charge in [-0.2, -0.15) is 11.8 Å². The number of benzene rings is 1. The Balaban J connectivity index is 2.25. The lowest BCUT2D eigenvalue weighted by Gasteiger charge is -2.37. The number of thioether (sulfide) groups is 1. The molecule has 0 saturated carbocycles. The topological polar surface area (TPSA) is 71.1 Å². The fourth-order valence-electron chi connectivity index (χ4n) is 2.56. The second kappa shape index (κ2) is 7.04. The molecule has 5 nitrogen and oxygen atoms in total. The number of nitrogens with two attached hydrogens (primary N) is 1. The Morgan fingerprint density at radius 2 is 2.29 bits per heavy atom. The molecule has 0 spiro atoms. The molecule has 1 heterocycles. The van der Waals surface area contributed by atoms with Crippen LogP contribution in [-0.4, -0.2) is 46.6 Å². The lowest BCUT2D eigenvalue weighted by atomic mass is 10.1. The summed E-state index contributed by atoms with van der Waals surface area (Å²) >= 11 is 2.02. The van der Waals surface area contributed by atoms with Gasteiger partial charge in [-0.05, 0) is 25.1 Å². The highest BCUT2D eigenvalue weighted by atomic mass is 32.2. The molecule has 0 amide bonds. The van der Waals surface area contributed by atoms with Crippen molar-refractivity contribution in [2.75, 3.05) is 19.4 Å². The molecule has 1 aromatic rings. The number of methoxy groups -OCH3 is 1. The highest BCUT2D eigenvalue weighted by molar-refractivity contribution is 8.00. The lowest BCUT2D eigenvalue weighted by molar-refractivity contribution is 0.202. The molecule has 2 unspecified atom stereocenters. The Hall–Kier alpha value is -1.40. The minimum Gasteiger partial charge on any atom is -0.496 e. The van der Waals surface area contributed by atoms with Gasteiger partial charge in [0.1, 0.15) is 5.75 Å². The van der Waals surface area contributed by atoms with E-state index in [2.05, 4.69) is 23.9 Å². The van der Waals surface area contributed by atoms with Crippen LogP contribution in [0.5, 0.6) is 5.75 Å². The molecule has 0 radical (unpaired) electrons. The summed E-state index contributed by atoms with van der Waals surface area (Å²) in [6, 6.07) is 6.12. The molecule has 3 N–H and O–H groups in total. The van der Waals surface area contributed by atoms with Gasteiger partial charge in [-0.3, -0.25) is 4.90 Å². The van der Waals surface area contributed by atoms with Gasteiger partial charge in [-0.15, -0.1) is 0 Å². The highest BCUT2D eigenvalue weighted by Crippen LogP contribution is 2.28. The molecule has 1 aliphatic rings. The summed E-state index contributed by atoms with van der Waals surface area (Å²) in [6.45, 7) is 6.40. The average Bonchev–Trinajstić information content (AvgIpc) is 2.51. The molecule has 116 valence electrons. The van der Waals surface area contributed by atoms with Gasteiger partial charge in [0.15, 0.2) is 5.84 Å². The zero-order chi connectivity index (χ0) is 15.4. The van der Waals surface area contributed by atoms with Gasteiger partial charge >= 0.3 is 0 Å². The molecule has 2 atom stereocenters. The van der Waals surface area contributed by atoms with Crippen LogP contribution in [0.15, 0.2) is 23.4 Å². The Labute approximate surface area is 130 Å². The van der Waals surface area contributed by atoms with E-state index in [0.29, 0.717) is 16.9 Å². The van der Waals surface area contributed by atoms with E-state index < -0.39 is 0 Å². The van der Waals surface area contributed by atoms with Crippen molar-refractivity contribution in [1.29, 1.82) is 0 Å². The first-order valence-electron chi connectivity index (χ1n) is 7.07. The van der Waals surface area contributed by atoms with Crippen molar-refractivity contribution in [3.63, 3.8) is 0 Å². The largest absolute Gasteiger partial charge is 0.496 e. The molecule has 0 aliphatic carbocycles. The number of amidine groups is 1. The SMILES string of the molecule is COc1ccc(/C(N)=N/O)cc1CN1CCSC(C)C1C. The van der Waals surface area contributed by atoms with E-state index in [-0.39, 0.29) is 5.84 Å². The zero-order valence-corrected chi connectivity index (χ0v) is 13.6. The summed E-state index contributed by atoms with van der Waals surface area (Å²) in [5.74, 6) is 2.10. The van der Waals surface area contributed by atoms with Gasteiger partial charge in [0.25, 0.3) is 0 Å². The number of rotatable bonds is 4. The standard InChI is InChI=1S/C15H23N3O2S/c1-10-11(2)21-7-6-18(10)9-13-8-12(15(16)17-19)4-5-14(13)20-3/h4-5,8,10-11,19H,6-7,9H2,1-3H3,(H2,16,17). The van der Waals surface area contributed by atoms with Crippen molar-refractivity contribution in [3.05, 3.63) is 29.3 Å². The van der Waals surface area contributed by atoms with Crippen LogP contribution in [0.3, 0.4) is 0 Å². The Kier molecular flexibility index (Phi) is 5.36. The van der Waals surface area contributed by atoms with E-state index in [1.807, 2.05) is 23.9 Å². The smallest absolute Gasteiger partial charge is 0.170 e. The Bertz CT molecular complexity index is 522. The molecule has 1 saturated heterocycles.